The average molecular weight is 135 g/mol. The van der Waals surface area contributed by atoms with E-state index in [1.54, 1.807) is 0 Å². The first-order valence-corrected chi connectivity index (χ1v) is 3.24. The van der Waals surface area contributed by atoms with Gasteiger partial charge in [0.25, 0.3) is 5.92 Å². The fourth-order valence-corrected chi connectivity index (χ4v) is 1.12. The Hall–Kier alpha value is -0.180. The molecule has 0 amide bonds. The van der Waals surface area contributed by atoms with Crippen molar-refractivity contribution in [2.75, 3.05) is 6.54 Å². The molecule has 1 aliphatic rings. The zero-order valence-electron chi connectivity index (χ0n) is 5.24. The van der Waals surface area contributed by atoms with Crippen LogP contribution in [-0.2, 0) is 0 Å². The SMILES string of the molecule is NCCC1CCC1(F)F. The third kappa shape index (κ3) is 1.21. The molecule has 0 bridgehead atoms. The molecule has 0 aromatic heterocycles. The van der Waals surface area contributed by atoms with E-state index < -0.39 is 11.8 Å². The lowest BCUT2D eigenvalue weighted by molar-refractivity contribution is -0.133. The van der Waals surface area contributed by atoms with Crippen LogP contribution in [0.4, 0.5) is 8.78 Å². The van der Waals surface area contributed by atoms with Gasteiger partial charge in [-0.3, -0.25) is 0 Å². The number of nitrogens with two attached hydrogens (primary N) is 1. The highest BCUT2D eigenvalue weighted by Crippen LogP contribution is 2.44. The monoisotopic (exact) mass is 135 g/mol. The summed E-state index contributed by atoms with van der Waals surface area (Å²) in [6.45, 7) is 0.389. The van der Waals surface area contributed by atoms with Crippen molar-refractivity contribution in [2.45, 2.75) is 25.2 Å². The van der Waals surface area contributed by atoms with Crippen LogP contribution in [0.3, 0.4) is 0 Å². The summed E-state index contributed by atoms with van der Waals surface area (Å²) in [7, 11) is 0. The van der Waals surface area contributed by atoms with Gasteiger partial charge in [-0.1, -0.05) is 0 Å². The van der Waals surface area contributed by atoms with Gasteiger partial charge in [0.05, 0.1) is 0 Å². The van der Waals surface area contributed by atoms with Gasteiger partial charge in [0.2, 0.25) is 0 Å². The van der Waals surface area contributed by atoms with Gasteiger partial charge >= 0.3 is 0 Å². The summed E-state index contributed by atoms with van der Waals surface area (Å²) in [6.07, 6.45) is 1.20. The summed E-state index contributed by atoms with van der Waals surface area (Å²) in [5.41, 5.74) is 5.13. The Labute approximate surface area is 53.2 Å². The summed E-state index contributed by atoms with van der Waals surface area (Å²) in [5, 5.41) is 0. The van der Waals surface area contributed by atoms with E-state index >= 15 is 0 Å². The minimum atomic E-state index is -2.39. The van der Waals surface area contributed by atoms with Gasteiger partial charge in [-0.25, -0.2) is 8.78 Å². The maximum Gasteiger partial charge on any atom is 0.251 e. The molecule has 1 aliphatic carbocycles. The van der Waals surface area contributed by atoms with Gasteiger partial charge in [-0.2, -0.15) is 0 Å². The Morgan fingerprint density at radius 3 is 2.33 bits per heavy atom. The molecule has 0 aromatic carbocycles. The molecule has 1 rings (SSSR count). The van der Waals surface area contributed by atoms with Gasteiger partial charge in [0.15, 0.2) is 0 Å². The second-order valence-corrected chi connectivity index (χ2v) is 2.57. The minimum absolute atomic E-state index is 0.0671. The molecular formula is C6H11F2N. The Bertz CT molecular complexity index is 103. The smallest absolute Gasteiger partial charge is 0.251 e. The average Bonchev–Trinajstić information content (AvgIpc) is 1.81. The third-order valence-electron chi connectivity index (χ3n) is 1.94. The van der Waals surface area contributed by atoms with Gasteiger partial charge < -0.3 is 5.73 Å². The molecular weight excluding hydrogens is 124 g/mol. The molecule has 0 aliphatic heterocycles. The lowest BCUT2D eigenvalue weighted by atomic mass is 9.79. The number of rotatable bonds is 2. The first-order chi connectivity index (χ1) is 4.17. The quantitative estimate of drug-likeness (QED) is 0.608. The fraction of sp³-hybridized carbons (Fsp3) is 1.00. The highest BCUT2D eigenvalue weighted by Gasteiger charge is 2.47. The lowest BCUT2D eigenvalue weighted by Gasteiger charge is -2.35. The van der Waals surface area contributed by atoms with E-state index in [4.69, 9.17) is 5.73 Å². The number of hydrogen-bond donors (Lipinski definition) is 1. The van der Waals surface area contributed by atoms with Crippen molar-refractivity contribution in [3.63, 3.8) is 0 Å². The maximum atomic E-state index is 12.3. The summed E-state index contributed by atoms with van der Waals surface area (Å²) in [6, 6.07) is 0. The molecule has 9 heavy (non-hydrogen) atoms. The van der Waals surface area contributed by atoms with Crippen LogP contribution in [0, 0.1) is 5.92 Å². The molecule has 1 atom stereocenters. The minimum Gasteiger partial charge on any atom is -0.330 e. The zero-order valence-corrected chi connectivity index (χ0v) is 5.24. The molecule has 0 radical (unpaired) electrons. The van der Waals surface area contributed by atoms with E-state index in [-0.39, 0.29) is 6.42 Å². The largest absolute Gasteiger partial charge is 0.330 e. The molecule has 1 unspecified atom stereocenters. The topological polar surface area (TPSA) is 26.0 Å². The number of hydrogen-bond acceptors (Lipinski definition) is 1. The van der Waals surface area contributed by atoms with Crippen molar-refractivity contribution in [1.29, 1.82) is 0 Å². The molecule has 54 valence electrons. The molecule has 1 saturated carbocycles. The molecule has 0 spiro atoms. The molecule has 2 N–H and O–H groups in total. The third-order valence-corrected chi connectivity index (χ3v) is 1.94. The van der Waals surface area contributed by atoms with Crippen molar-refractivity contribution >= 4 is 0 Å². The van der Waals surface area contributed by atoms with Crippen LogP contribution in [0.15, 0.2) is 0 Å². The first-order valence-electron chi connectivity index (χ1n) is 3.24. The maximum absolute atomic E-state index is 12.3. The summed E-state index contributed by atoms with van der Waals surface area (Å²) >= 11 is 0. The van der Waals surface area contributed by atoms with Crippen LogP contribution in [0.1, 0.15) is 19.3 Å². The second kappa shape index (κ2) is 2.21. The van der Waals surface area contributed by atoms with Crippen LogP contribution in [0.5, 0.6) is 0 Å². The number of alkyl halides is 2. The standard InChI is InChI=1S/C6H11F2N/c7-6(8)3-1-5(6)2-4-9/h5H,1-4,9H2. The van der Waals surface area contributed by atoms with Crippen molar-refractivity contribution in [3.8, 4) is 0 Å². The van der Waals surface area contributed by atoms with E-state index in [1.807, 2.05) is 0 Å². The van der Waals surface area contributed by atoms with Crippen molar-refractivity contribution in [2.24, 2.45) is 11.7 Å². The normalized spacial score (nSPS) is 31.7. The summed E-state index contributed by atoms with van der Waals surface area (Å²) in [5.74, 6) is -2.80. The van der Waals surface area contributed by atoms with Crippen molar-refractivity contribution in [1.82, 2.24) is 0 Å². The van der Waals surface area contributed by atoms with E-state index in [9.17, 15) is 8.78 Å². The van der Waals surface area contributed by atoms with Gasteiger partial charge in [-0.15, -0.1) is 0 Å². The Morgan fingerprint density at radius 1 is 1.56 bits per heavy atom. The fourth-order valence-electron chi connectivity index (χ4n) is 1.12. The van der Waals surface area contributed by atoms with Gasteiger partial charge in [-0.05, 0) is 19.4 Å². The van der Waals surface area contributed by atoms with E-state index in [0.717, 1.165) is 0 Å². The zero-order chi connectivity index (χ0) is 6.91. The molecule has 0 heterocycles. The van der Waals surface area contributed by atoms with Crippen molar-refractivity contribution in [3.05, 3.63) is 0 Å². The highest BCUT2D eigenvalue weighted by atomic mass is 19.3. The first kappa shape index (κ1) is 6.93. The molecule has 0 saturated heterocycles. The predicted molar refractivity (Wildman–Crippen MR) is 31.3 cm³/mol. The molecule has 0 aromatic rings. The van der Waals surface area contributed by atoms with Crippen LogP contribution >= 0.6 is 0 Å². The molecule has 3 heteroatoms. The van der Waals surface area contributed by atoms with Crippen molar-refractivity contribution < 1.29 is 8.78 Å². The van der Waals surface area contributed by atoms with E-state index in [0.29, 0.717) is 19.4 Å². The highest BCUT2D eigenvalue weighted by molar-refractivity contribution is 4.87. The number of halogens is 2. The van der Waals surface area contributed by atoms with E-state index in [2.05, 4.69) is 0 Å². The second-order valence-electron chi connectivity index (χ2n) is 2.57. The van der Waals surface area contributed by atoms with E-state index in [1.165, 1.54) is 0 Å². The Morgan fingerprint density at radius 2 is 2.22 bits per heavy atom. The Balaban J connectivity index is 2.28. The van der Waals surface area contributed by atoms with Gasteiger partial charge in [0.1, 0.15) is 0 Å². The lowest BCUT2D eigenvalue weighted by Crippen LogP contribution is -2.39. The predicted octanol–water partition coefficient (Wildman–Crippen LogP) is 1.38. The van der Waals surface area contributed by atoms with Crippen LogP contribution < -0.4 is 5.73 Å². The Kier molecular flexibility index (Phi) is 1.70. The summed E-state index contributed by atoms with van der Waals surface area (Å²) in [4.78, 5) is 0. The molecule has 1 nitrogen and oxygen atoms in total. The van der Waals surface area contributed by atoms with Gasteiger partial charge in [0, 0.05) is 12.3 Å². The van der Waals surface area contributed by atoms with Crippen LogP contribution in [0.25, 0.3) is 0 Å². The van der Waals surface area contributed by atoms with Crippen LogP contribution in [0.2, 0.25) is 0 Å². The molecule has 1 fully saturated rings. The van der Waals surface area contributed by atoms with Crippen LogP contribution in [-0.4, -0.2) is 12.5 Å². The summed E-state index contributed by atoms with van der Waals surface area (Å²) < 4.78 is 24.7.